The molecule has 5 heteroatoms. The van der Waals surface area contributed by atoms with E-state index < -0.39 is 0 Å². The number of aryl methyl sites for hydroxylation is 1. The van der Waals surface area contributed by atoms with Crippen molar-refractivity contribution < 1.29 is 0 Å². The third-order valence-corrected chi connectivity index (χ3v) is 2.46. The zero-order valence-corrected chi connectivity index (χ0v) is 8.25. The van der Waals surface area contributed by atoms with Gasteiger partial charge in [0.2, 0.25) is 0 Å². The van der Waals surface area contributed by atoms with Crippen molar-refractivity contribution in [3.63, 3.8) is 0 Å². The summed E-state index contributed by atoms with van der Waals surface area (Å²) in [7, 11) is 1.62. The molecule has 0 amide bonds. The second kappa shape index (κ2) is 2.99. The van der Waals surface area contributed by atoms with E-state index in [1.165, 1.54) is 10.9 Å². The molecule has 72 valence electrons. The Hall–Kier alpha value is -1.55. The maximum Gasteiger partial charge on any atom is 0.262 e. The van der Waals surface area contributed by atoms with Crippen LogP contribution in [0.2, 0.25) is 5.02 Å². The van der Waals surface area contributed by atoms with Crippen molar-refractivity contribution in [1.29, 1.82) is 0 Å². The molecule has 1 aromatic carbocycles. The number of benzene rings is 1. The Bertz CT molecular complexity index is 556. The Balaban J connectivity index is 3.06. The van der Waals surface area contributed by atoms with Crippen LogP contribution in [0.5, 0.6) is 0 Å². The predicted molar refractivity (Wildman–Crippen MR) is 56.4 cm³/mol. The summed E-state index contributed by atoms with van der Waals surface area (Å²) in [4.78, 5) is 15.8. The fourth-order valence-electron chi connectivity index (χ4n) is 1.27. The average molecular weight is 210 g/mol. The summed E-state index contributed by atoms with van der Waals surface area (Å²) in [6.07, 6.45) is 1.46. The second-order valence-electron chi connectivity index (χ2n) is 3.02. The third kappa shape index (κ3) is 1.15. The number of nitrogens with two attached hydrogens (primary N) is 1. The molecule has 0 aliphatic rings. The lowest BCUT2D eigenvalue weighted by atomic mass is 10.2. The molecule has 2 N–H and O–H groups in total. The number of hydrogen-bond donors (Lipinski definition) is 1. The van der Waals surface area contributed by atoms with E-state index in [2.05, 4.69) is 4.98 Å². The van der Waals surface area contributed by atoms with Crippen LogP contribution in [0.3, 0.4) is 0 Å². The van der Waals surface area contributed by atoms with Crippen LogP contribution in [-0.2, 0) is 7.05 Å². The van der Waals surface area contributed by atoms with Gasteiger partial charge < -0.3 is 10.3 Å². The van der Waals surface area contributed by atoms with E-state index >= 15 is 0 Å². The summed E-state index contributed by atoms with van der Waals surface area (Å²) in [5.74, 6) is 0. The molecule has 0 bridgehead atoms. The summed E-state index contributed by atoms with van der Waals surface area (Å²) in [5, 5.41) is 0.646. The van der Waals surface area contributed by atoms with Crippen LogP contribution < -0.4 is 11.3 Å². The van der Waals surface area contributed by atoms with Gasteiger partial charge in [-0.25, -0.2) is 4.98 Å². The Kier molecular flexibility index (Phi) is 1.93. The number of rotatable bonds is 0. The highest BCUT2D eigenvalue weighted by Crippen LogP contribution is 2.24. The van der Waals surface area contributed by atoms with E-state index in [0.717, 1.165) is 0 Å². The smallest absolute Gasteiger partial charge is 0.262 e. The number of fused-ring (bicyclic) bond motifs is 1. The van der Waals surface area contributed by atoms with Gasteiger partial charge in [-0.3, -0.25) is 4.79 Å². The van der Waals surface area contributed by atoms with Gasteiger partial charge in [-0.15, -0.1) is 0 Å². The lowest BCUT2D eigenvalue weighted by molar-refractivity contribution is 0.843. The molecular weight excluding hydrogens is 202 g/mol. The first-order chi connectivity index (χ1) is 6.61. The van der Waals surface area contributed by atoms with E-state index in [0.29, 0.717) is 16.6 Å². The molecule has 0 spiro atoms. The van der Waals surface area contributed by atoms with Crippen molar-refractivity contribution in [3.05, 3.63) is 33.8 Å². The minimum absolute atomic E-state index is 0.188. The Morgan fingerprint density at radius 1 is 1.50 bits per heavy atom. The minimum atomic E-state index is -0.188. The molecule has 0 aliphatic heterocycles. The molecule has 0 saturated heterocycles. The highest BCUT2D eigenvalue weighted by atomic mass is 35.5. The standard InChI is InChI=1S/C9H8ClN3O/c1-13-4-12-6-3-2-5(11)8(10)7(6)9(13)14/h2-4H,11H2,1H3. The predicted octanol–water partition coefficient (Wildman–Crippen LogP) is 1.17. The maximum absolute atomic E-state index is 11.7. The van der Waals surface area contributed by atoms with Crippen LogP contribution in [0.15, 0.2) is 23.3 Å². The second-order valence-corrected chi connectivity index (χ2v) is 3.40. The summed E-state index contributed by atoms with van der Waals surface area (Å²) in [6, 6.07) is 3.31. The van der Waals surface area contributed by atoms with Crippen LogP contribution in [0.4, 0.5) is 5.69 Å². The largest absolute Gasteiger partial charge is 0.398 e. The molecular formula is C9H8ClN3O. The normalized spacial score (nSPS) is 10.7. The molecule has 0 fully saturated rings. The fraction of sp³-hybridized carbons (Fsp3) is 0.111. The van der Waals surface area contributed by atoms with Crippen molar-refractivity contribution in [2.75, 3.05) is 5.73 Å². The van der Waals surface area contributed by atoms with Gasteiger partial charge in [-0.2, -0.15) is 0 Å². The highest BCUT2D eigenvalue weighted by molar-refractivity contribution is 6.37. The van der Waals surface area contributed by atoms with Gasteiger partial charge in [0.25, 0.3) is 5.56 Å². The first kappa shape index (κ1) is 9.02. The van der Waals surface area contributed by atoms with Gasteiger partial charge in [-0.05, 0) is 12.1 Å². The van der Waals surface area contributed by atoms with Gasteiger partial charge in [0.1, 0.15) is 0 Å². The van der Waals surface area contributed by atoms with Crippen molar-refractivity contribution in [1.82, 2.24) is 9.55 Å². The number of nitrogen functional groups attached to an aromatic ring is 1. The molecule has 0 atom stereocenters. The number of aromatic nitrogens is 2. The molecule has 0 saturated carbocycles. The lowest BCUT2D eigenvalue weighted by Gasteiger charge is -2.03. The first-order valence-electron chi connectivity index (χ1n) is 4.00. The van der Waals surface area contributed by atoms with E-state index in [-0.39, 0.29) is 10.6 Å². The van der Waals surface area contributed by atoms with Crippen molar-refractivity contribution >= 4 is 28.2 Å². The van der Waals surface area contributed by atoms with E-state index in [1.807, 2.05) is 0 Å². The Labute approximate surface area is 84.9 Å². The zero-order valence-electron chi connectivity index (χ0n) is 7.49. The molecule has 0 aliphatic carbocycles. The first-order valence-corrected chi connectivity index (χ1v) is 4.38. The van der Waals surface area contributed by atoms with Crippen molar-refractivity contribution in [3.8, 4) is 0 Å². The van der Waals surface area contributed by atoms with Gasteiger partial charge in [0, 0.05) is 7.05 Å². The summed E-state index contributed by atoms with van der Waals surface area (Å²) in [5.41, 5.74) is 6.36. The number of hydrogen-bond acceptors (Lipinski definition) is 3. The van der Waals surface area contributed by atoms with Crippen LogP contribution >= 0.6 is 11.6 Å². The monoisotopic (exact) mass is 209 g/mol. The van der Waals surface area contributed by atoms with Gasteiger partial charge >= 0.3 is 0 Å². The minimum Gasteiger partial charge on any atom is -0.398 e. The van der Waals surface area contributed by atoms with Crippen LogP contribution in [-0.4, -0.2) is 9.55 Å². The molecule has 1 aromatic heterocycles. The van der Waals surface area contributed by atoms with Crippen molar-refractivity contribution in [2.45, 2.75) is 0 Å². The third-order valence-electron chi connectivity index (χ3n) is 2.05. The fourth-order valence-corrected chi connectivity index (χ4v) is 1.51. The molecule has 2 aromatic rings. The van der Waals surface area contributed by atoms with E-state index in [4.69, 9.17) is 17.3 Å². The van der Waals surface area contributed by atoms with Crippen LogP contribution in [0.25, 0.3) is 10.9 Å². The lowest BCUT2D eigenvalue weighted by Crippen LogP contribution is -2.17. The van der Waals surface area contributed by atoms with Crippen LogP contribution in [0, 0.1) is 0 Å². The topological polar surface area (TPSA) is 60.9 Å². The Morgan fingerprint density at radius 2 is 2.21 bits per heavy atom. The van der Waals surface area contributed by atoms with E-state index in [1.54, 1.807) is 19.2 Å². The highest BCUT2D eigenvalue weighted by Gasteiger charge is 2.08. The molecule has 0 radical (unpaired) electrons. The summed E-state index contributed by atoms with van der Waals surface area (Å²) in [6.45, 7) is 0. The summed E-state index contributed by atoms with van der Waals surface area (Å²) >= 11 is 5.92. The quantitative estimate of drug-likeness (QED) is 0.663. The van der Waals surface area contributed by atoms with Gasteiger partial charge in [0.05, 0.1) is 27.9 Å². The van der Waals surface area contributed by atoms with Gasteiger partial charge in [0.15, 0.2) is 0 Å². The molecule has 1 heterocycles. The number of halogens is 1. The summed E-state index contributed by atoms with van der Waals surface area (Å²) < 4.78 is 1.37. The molecule has 4 nitrogen and oxygen atoms in total. The van der Waals surface area contributed by atoms with Gasteiger partial charge in [-0.1, -0.05) is 11.6 Å². The molecule has 2 rings (SSSR count). The zero-order chi connectivity index (χ0) is 10.3. The average Bonchev–Trinajstić information content (AvgIpc) is 2.17. The van der Waals surface area contributed by atoms with Crippen molar-refractivity contribution in [2.24, 2.45) is 7.05 Å². The number of nitrogens with zero attached hydrogens (tertiary/aromatic N) is 2. The number of anilines is 1. The van der Waals surface area contributed by atoms with Crippen LogP contribution in [0.1, 0.15) is 0 Å². The molecule has 14 heavy (non-hydrogen) atoms. The molecule has 0 unspecified atom stereocenters. The Morgan fingerprint density at radius 3 is 2.93 bits per heavy atom. The maximum atomic E-state index is 11.7. The SMILES string of the molecule is Cn1cnc2ccc(N)c(Cl)c2c1=O. The van der Waals surface area contributed by atoms with E-state index in [9.17, 15) is 4.79 Å².